The van der Waals surface area contributed by atoms with Crippen LogP contribution in [-0.2, 0) is 28.1 Å². The summed E-state index contributed by atoms with van der Waals surface area (Å²) in [5.74, 6) is 2.10. The van der Waals surface area contributed by atoms with Crippen LogP contribution in [-0.4, -0.2) is 71.5 Å². The quantitative estimate of drug-likeness (QED) is 0.205. The molecule has 2 saturated carbocycles. The number of amides is 2. The van der Waals surface area contributed by atoms with E-state index in [0.717, 1.165) is 78.7 Å². The normalized spacial score (nSPS) is 21.7. The largest absolute Gasteiger partial charge is 0.489 e. The van der Waals surface area contributed by atoms with Crippen molar-refractivity contribution in [3.05, 3.63) is 29.6 Å². The molecule has 0 unspecified atom stereocenters. The molecule has 47 heavy (non-hydrogen) atoms. The van der Waals surface area contributed by atoms with E-state index < -0.39 is 14.2 Å². The summed E-state index contributed by atoms with van der Waals surface area (Å²) in [4.78, 5) is 34.2. The Labute approximate surface area is 282 Å². The molecule has 2 aromatic rings. The van der Waals surface area contributed by atoms with Crippen LogP contribution in [0.4, 0.5) is 10.5 Å². The molecule has 0 spiro atoms. The van der Waals surface area contributed by atoms with Crippen molar-refractivity contribution in [2.24, 2.45) is 11.3 Å². The third-order valence-electron chi connectivity index (χ3n) is 11.4. The third kappa shape index (κ3) is 6.73. The first kappa shape index (κ1) is 34.0. The highest BCUT2D eigenvalue weighted by molar-refractivity contribution is 6.76. The summed E-state index contributed by atoms with van der Waals surface area (Å²) >= 11 is 0. The van der Waals surface area contributed by atoms with Gasteiger partial charge in [-0.3, -0.25) is 4.79 Å². The lowest BCUT2D eigenvalue weighted by Crippen LogP contribution is -2.51. The zero-order valence-electron chi connectivity index (χ0n) is 29.7. The van der Waals surface area contributed by atoms with Crippen LogP contribution in [0.15, 0.2) is 18.3 Å². The summed E-state index contributed by atoms with van der Waals surface area (Å²) in [6.07, 6.45) is 9.76. The minimum absolute atomic E-state index is 0.147. The van der Waals surface area contributed by atoms with Crippen molar-refractivity contribution in [2.75, 3.05) is 24.6 Å². The highest BCUT2D eigenvalue weighted by Crippen LogP contribution is 2.51. The lowest BCUT2D eigenvalue weighted by Gasteiger charge is -2.49. The summed E-state index contributed by atoms with van der Waals surface area (Å²) in [7, 11) is -1.30. The fourth-order valence-electron chi connectivity index (χ4n) is 7.74. The second kappa shape index (κ2) is 12.9. The number of benzene rings is 1. The summed E-state index contributed by atoms with van der Waals surface area (Å²) in [5.41, 5.74) is 3.73. The Balaban J connectivity index is 1.46. The Morgan fingerprint density at radius 2 is 1.77 bits per heavy atom. The summed E-state index contributed by atoms with van der Waals surface area (Å²) in [6, 6.07) is 5.49. The van der Waals surface area contributed by atoms with Crippen LogP contribution >= 0.6 is 0 Å². The van der Waals surface area contributed by atoms with Crippen molar-refractivity contribution < 1.29 is 24.2 Å². The highest BCUT2D eigenvalue weighted by Gasteiger charge is 2.49. The molecule has 1 aromatic heterocycles. The van der Waals surface area contributed by atoms with Crippen molar-refractivity contribution in [2.45, 2.75) is 135 Å². The number of imidazole rings is 1. The van der Waals surface area contributed by atoms with Gasteiger partial charge < -0.3 is 28.9 Å². The van der Waals surface area contributed by atoms with Crippen LogP contribution in [0.3, 0.4) is 0 Å². The second-order valence-corrected chi connectivity index (χ2v) is 22.4. The number of carbonyl (C=O) groups excluding carboxylic acids is 1. The number of likely N-dealkylation sites (tertiary alicyclic amines) is 1. The molecule has 1 N–H and O–H groups in total. The van der Waals surface area contributed by atoms with E-state index in [2.05, 4.69) is 68.9 Å². The van der Waals surface area contributed by atoms with Gasteiger partial charge in [-0.25, -0.2) is 9.78 Å². The van der Waals surface area contributed by atoms with Crippen LogP contribution in [0.5, 0.6) is 5.75 Å². The average molecular weight is 665 g/mol. The van der Waals surface area contributed by atoms with Gasteiger partial charge in [-0.2, -0.15) is 0 Å². The van der Waals surface area contributed by atoms with Crippen LogP contribution in [0.25, 0.3) is 11.4 Å². The fraction of sp³-hybridized carbons (Fsp3) is 0.703. The van der Waals surface area contributed by atoms with Crippen molar-refractivity contribution in [1.82, 2.24) is 14.5 Å². The van der Waals surface area contributed by atoms with Crippen LogP contribution in [0, 0.1) is 11.3 Å². The van der Waals surface area contributed by atoms with E-state index in [-0.39, 0.29) is 34.8 Å². The molecule has 2 aliphatic carbocycles. The van der Waals surface area contributed by atoms with E-state index >= 15 is 0 Å². The molecule has 1 atom stereocenters. The van der Waals surface area contributed by atoms with Crippen LogP contribution in [0.2, 0.25) is 25.7 Å². The number of rotatable bonds is 10. The van der Waals surface area contributed by atoms with Gasteiger partial charge in [-0.15, -0.1) is 0 Å². The fourth-order valence-corrected chi connectivity index (χ4v) is 8.50. The molecule has 6 rings (SSSR count). The molecule has 0 bridgehead atoms. The Bertz CT molecular complexity index is 1470. The number of piperidine rings is 1. The first-order valence-corrected chi connectivity index (χ1v) is 21.7. The molecule has 2 amide bonds. The van der Waals surface area contributed by atoms with Crippen molar-refractivity contribution in [3.8, 4) is 17.1 Å². The molecule has 2 aliphatic heterocycles. The van der Waals surface area contributed by atoms with Gasteiger partial charge in [-0.1, -0.05) is 40.4 Å². The molecule has 1 aromatic carbocycles. The van der Waals surface area contributed by atoms with E-state index in [1.807, 2.05) is 6.20 Å². The van der Waals surface area contributed by atoms with E-state index in [1.165, 1.54) is 6.42 Å². The monoisotopic (exact) mass is 664 g/mol. The van der Waals surface area contributed by atoms with Crippen molar-refractivity contribution in [1.29, 1.82) is 0 Å². The molecule has 3 heterocycles. The third-order valence-corrected chi connectivity index (χ3v) is 13.1. The molecule has 3 fully saturated rings. The molecule has 9 nitrogen and oxygen atoms in total. The average Bonchev–Trinajstić information content (AvgIpc) is 3.75. The predicted molar refractivity (Wildman–Crippen MR) is 188 cm³/mol. The van der Waals surface area contributed by atoms with E-state index in [1.54, 1.807) is 4.90 Å². The highest BCUT2D eigenvalue weighted by atomic mass is 28.3. The molecular formula is C37H56N4O5Si. The lowest BCUT2D eigenvalue weighted by molar-refractivity contribution is -0.120. The number of carbonyl (C=O) groups is 2. The summed E-state index contributed by atoms with van der Waals surface area (Å²) in [5, 5.41) is 9.78. The number of fused-ring (bicyclic) bond motifs is 1. The number of ether oxygens (including phenoxy) is 2. The first-order valence-electron chi connectivity index (χ1n) is 18.0. The number of hydrogen-bond donors (Lipinski definition) is 1. The van der Waals surface area contributed by atoms with Gasteiger partial charge in [0, 0.05) is 62.6 Å². The Morgan fingerprint density at radius 3 is 2.34 bits per heavy atom. The number of carboxylic acid groups (broad SMARTS) is 1. The van der Waals surface area contributed by atoms with Crippen molar-refractivity contribution in [3.63, 3.8) is 0 Å². The topological polar surface area (TPSA) is 97.1 Å². The van der Waals surface area contributed by atoms with Gasteiger partial charge in [0.1, 0.15) is 18.3 Å². The Hall–Kier alpha value is -2.85. The van der Waals surface area contributed by atoms with Crippen LogP contribution in [0.1, 0.15) is 90.3 Å². The summed E-state index contributed by atoms with van der Waals surface area (Å²) in [6.45, 7) is 18.1. The van der Waals surface area contributed by atoms with Crippen LogP contribution < -0.4 is 9.64 Å². The summed E-state index contributed by atoms with van der Waals surface area (Å²) < 4.78 is 15.6. The maximum absolute atomic E-state index is 13.5. The minimum atomic E-state index is -1.30. The van der Waals surface area contributed by atoms with E-state index in [0.29, 0.717) is 39.3 Å². The number of aromatic nitrogens is 2. The zero-order chi connectivity index (χ0) is 33.7. The molecule has 0 radical (unpaired) electrons. The lowest BCUT2D eigenvalue weighted by atomic mass is 9.59. The molecule has 258 valence electrons. The van der Waals surface area contributed by atoms with Gasteiger partial charge in [0.05, 0.1) is 17.4 Å². The predicted octanol–water partition coefficient (Wildman–Crippen LogP) is 7.93. The van der Waals surface area contributed by atoms with Crippen molar-refractivity contribution >= 4 is 25.8 Å². The SMILES string of the molecule is C[C@H]1CCc2c(ccc(-c3ncc(C4(C(C)(C)C)CCN(C(=O)O)CC4)n3COCC[Si](C)(C)C)c2OC2CCC2)N1C(=O)C1CC1. The maximum atomic E-state index is 13.5. The molecule has 10 heteroatoms. The second-order valence-electron chi connectivity index (χ2n) is 16.8. The van der Waals surface area contributed by atoms with Gasteiger partial charge in [0.25, 0.3) is 0 Å². The van der Waals surface area contributed by atoms with E-state index in [4.69, 9.17) is 14.5 Å². The maximum Gasteiger partial charge on any atom is 0.407 e. The molecule has 1 saturated heterocycles. The number of nitrogens with zero attached hydrogens (tertiary/aromatic N) is 4. The van der Waals surface area contributed by atoms with E-state index in [9.17, 15) is 14.7 Å². The van der Waals surface area contributed by atoms with Gasteiger partial charge >= 0.3 is 6.09 Å². The smallest absolute Gasteiger partial charge is 0.407 e. The Kier molecular flexibility index (Phi) is 9.32. The molecule has 4 aliphatic rings. The zero-order valence-corrected chi connectivity index (χ0v) is 30.7. The molecular weight excluding hydrogens is 609 g/mol. The first-order chi connectivity index (χ1) is 22.2. The number of hydrogen-bond acceptors (Lipinski definition) is 5. The van der Waals surface area contributed by atoms with Gasteiger partial charge in [0.15, 0.2) is 0 Å². The number of anilines is 1. The minimum Gasteiger partial charge on any atom is -0.489 e. The van der Waals surface area contributed by atoms with Gasteiger partial charge in [-0.05, 0) is 88.3 Å². The van der Waals surface area contributed by atoms with Gasteiger partial charge in [0.2, 0.25) is 5.91 Å². The Morgan fingerprint density at radius 1 is 1.06 bits per heavy atom. The standard InChI is InChI=1S/C37H56N4O5Si/c1-25-11-14-28-30(41(25)34(42)26-12-13-26)16-15-29(32(28)46-27-9-8-10-27)33-38-23-31(40(33)24-45-21-22-47(5,6)7)37(36(2,3)4)17-19-39(20-18-37)35(43)44/h15-16,23,25-27H,8-14,17-22,24H2,1-7H3,(H,43,44)/t25-/m0/s1.